The second-order valence-corrected chi connectivity index (χ2v) is 10.1. The summed E-state index contributed by atoms with van der Waals surface area (Å²) in [6.07, 6.45) is 0. The average Bonchev–Trinajstić information content (AvgIpc) is 3.45. The molecule has 1 fully saturated rings. The van der Waals surface area contributed by atoms with Crippen molar-refractivity contribution in [3.05, 3.63) is 119 Å². The first-order valence-corrected chi connectivity index (χ1v) is 13.8. The van der Waals surface area contributed by atoms with Gasteiger partial charge in [-0.25, -0.2) is 4.98 Å². The van der Waals surface area contributed by atoms with E-state index in [1.807, 2.05) is 54.6 Å². The summed E-state index contributed by atoms with van der Waals surface area (Å²) in [6.45, 7) is 0. The molecule has 0 spiro atoms. The van der Waals surface area contributed by atoms with Crippen LogP contribution in [0, 0.1) is 0 Å². The lowest BCUT2D eigenvalue weighted by atomic mass is 9.77. The van der Waals surface area contributed by atoms with Gasteiger partial charge >= 0.3 is 0 Å². The number of benzene rings is 3. The van der Waals surface area contributed by atoms with E-state index in [1.165, 1.54) is 18.4 Å². The van der Waals surface area contributed by atoms with Gasteiger partial charge in [0.25, 0.3) is 5.91 Å². The number of rotatable bonds is 10. The molecule has 4 aromatic rings. The van der Waals surface area contributed by atoms with Gasteiger partial charge in [-0.1, -0.05) is 96.2 Å². The zero-order valence-electron chi connectivity index (χ0n) is 21.1. The van der Waals surface area contributed by atoms with E-state index in [0.29, 0.717) is 16.6 Å². The van der Waals surface area contributed by atoms with E-state index in [-0.39, 0.29) is 17.7 Å². The highest BCUT2D eigenvalue weighted by atomic mass is 32.1. The first-order chi connectivity index (χ1) is 19.1. The Morgan fingerprint density at radius 2 is 1.54 bits per heavy atom. The van der Waals surface area contributed by atoms with E-state index < -0.39 is 17.5 Å². The third kappa shape index (κ3) is 5.25. The molecule has 2 unspecified atom stereocenters. The standard InChI is InChI=1S/C29H27N5O3S2/c1-37-34-25(27(36)32-24-22(17-38)30-26(24)35)23-18-39-28(31-23)33-29(19-11-5-2-6-12-19,20-13-7-3-8-14-20)21-15-9-4-10-16-21/h2-16,18,22,24,38H,17H2,1H3,(H,30,35)(H,31,33)(H,32,36)/b34-25+. The van der Waals surface area contributed by atoms with Crippen molar-refractivity contribution < 1.29 is 14.4 Å². The molecule has 1 aromatic heterocycles. The van der Waals surface area contributed by atoms with Gasteiger partial charge < -0.3 is 20.8 Å². The van der Waals surface area contributed by atoms with Crippen molar-refractivity contribution >= 4 is 46.6 Å². The molecule has 198 valence electrons. The smallest absolute Gasteiger partial charge is 0.276 e. The summed E-state index contributed by atoms with van der Waals surface area (Å²) < 4.78 is 0. The highest BCUT2D eigenvalue weighted by Gasteiger charge is 2.41. The molecule has 1 saturated heterocycles. The van der Waals surface area contributed by atoms with Gasteiger partial charge in [0, 0.05) is 11.1 Å². The molecule has 5 rings (SSSR count). The van der Waals surface area contributed by atoms with Crippen LogP contribution in [0.3, 0.4) is 0 Å². The predicted octanol–water partition coefficient (Wildman–Crippen LogP) is 3.81. The number of β-lactam (4-membered cyclic amide) rings is 1. The summed E-state index contributed by atoms with van der Waals surface area (Å²) in [5, 5.41) is 15.4. The zero-order valence-corrected chi connectivity index (χ0v) is 22.8. The minimum atomic E-state index is -0.774. The number of anilines is 1. The molecule has 10 heteroatoms. The van der Waals surface area contributed by atoms with Crippen LogP contribution in [0.4, 0.5) is 5.13 Å². The molecule has 0 radical (unpaired) electrons. The molecule has 2 atom stereocenters. The maximum Gasteiger partial charge on any atom is 0.276 e. The maximum atomic E-state index is 13.1. The van der Waals surface area contributed by atoms with Gasteiger partial charge in [-0.05, 0) is 16.7 Å². The average molecular weight is 558 g/mol. The van der Waals surface area contributed by atoms with Crippen molar-refractivity contribution in [1.29, 1.82) is 0 Å². The summed E-state index contributed by atoms with van der Waals surface area (Å²) in [5.74, 6) is -0.419. The normalized spacial score (nSPS) is 17.1. The summed E-state index contributed by atoms with van der Waals surface area (Å²) in [4.78, 5) is 34.8. The largest absolute Gasteiger partial charge is 0.398 e. The number of oxime groups is 1. The lowest BCUT2D eigenvalue weighted by Gasteiger charge is -2.36. The minimum Gasteiger partial charge on any atom is -0.398 e. The van der Waals surface area contributed by atoms with Crippen LogP contribution in [-0.4, -0.2) is 47.5 Å². The van der Waals surface area contributed by atoms with Crippen LogP contribution in [0.15, 0.2) is 102 Å². The number of carbonyl (C=O) groups excluding carboxylic acids is 2. The molecule has 0 aliphatic carbocycles. The molecular weight excluding hydrogens is 530 g/mol. The molecule has 39 heavy (non-hydrogen) atoms. The number of amides is 2. The topological polar surface area (TPSA) is 105 Å². The maximum absolute atomic E-state index is 13.1. The third-order valence-electron chi connectivity index (χ3n) is 6.56. The first kappa shape index (κ1) is 26.5. The lowest BCUT2D eigenvalue weighted by molar-refractivity contribution is -0.134. The van der Waals surface area contributed by atoms with Crippen molar-refractivity contribution in [1.82, 2.24) is 15.6 Å². The van der Waals surface area contributed by atoms with E-state index in [2.05, 4.69) is 70.1 Å². The van der Waals surface area contributed by atoms with Crippen molar-refractivity contribution in [2.24, 2.45) is 5.16 Å². The molecule has 1 aliphatic rings. The quantitative estimate of drug-likeness (QED) is 0.0781. The van der Waals surface area contributed by atoms with Gasteiger partial charge in [0.2, 0.25) is 5.91 Å². The van der Waals surface area contributed by atoms with Gasteiger partial charge in [0.05, 0.1) is 6.04 Å². The van der Waals surface area contributed by atoms with E-state index >= 15 is 0 Å². The number of aromatic nitrogens is 1. The predicted molar refractivity (Wildman–Crippen MR) is 156 cm³/mol. The summed E-state index contributed by atoms with van der Waals surface area (Å²) >= 11 is 5.57. The van der Waals surface area contributed by atoms with E-state index in [9.17, 15) is 9.59 Å². The van der Waals surface area contributed by atoms with Crippen LogP contribution in [0.2, 0.25) is 0 Å². The van der Waals surface area contributed by atoms with Gasteiger partial charge in [0.15, 0.2) is 10.8 Å². The summed E-state index contributed by atoms with van der Waals surface area (Å²) in [7, 11) is 1.36. The number of thiazole rings is 1. The molecule has 8 nitrogen and oxygen atoms in total. The van der Waals surface area contributed by atoms with Crippen LogP contribution in [0.5, 0.6) is 0 Å². The molecule has 0 saturated carbocycles. The Balaban J connectivity index is 1.53. The Morgan fingerprint density at radius 3 is 2.00 bits per heavy atom. The second kappa shape index (κ2) is 11.7. The number of nitrogens with one attached hydrogen (secondary N) is 3. The van der Waals surface area contributed by atoms with Crippen LogP contribution in [0.25, 0.3) is 0 Å². The molecule has 3 aromatic carbocycles. The second-order valence-electron chi connectivity index (χ2n) is 8.88. The highest BCUT2D eigenvalue weighted by Crippen LogP contribution is 2.40. The van der Waals surface area contributed by atoms with E-state index in [4.69, 9.17) is 9.82 Å². The van der Waals surface area contributed by atoms with Gasteiger partial charge in [-0.3, -0.25) is 9.59 Å². The highest BCUT2D eigenvalue weighted by molar-refractivity contribution is 7.80. The number of hydrogen-bond acceptors (Lipinski definition) is 8. The molecule has 2 amide bonds. The van der Waals surface area contributed by atoms with Crippen LogP contribution < -0.4 is 16.0 Å². The fourth-order valence-electron chi connectivity index (χ4n) is 4.65. The van der Waals surface area contributed by atoms with Crippen molar-refractivity contribution in [3.63, 3.8) is 0 Å². The third-order valence-corrected chi connectivity index (χ3v) is 7.71. The Bertz CT molecular complexity index is 1370. The SMILES string of the molecule is CO/N=C(/C(=O)NC1C(=O)NC1CS)c1csc(NC(c2ccccc2)(c2ccccc2)c2ccccc2)n1. The molecule has 3 N–H and O–H groups in total. The minimum absolute atomic E-state index is 0.0239. The Labute approximate surface area is 235 Å². The first-order valence-electron chi connectivity index (χ1n) is 12.3. The Kier molecular flexibility index (Phi) is 7.94. The summed E-state index contributed by atoms with van der Waals surface area (Å²) in [5.41, 5.74) is 2.60. The van der Waals surface area contributed by atoms with Crippen molar-refractivity contribution in [3.8, 4) is 0 Å². The van der Waals surface area contributed by atoms with Crippen molar-refractivity contribution in [2.75, 3.05) is 18.2 Å². The Hall–Kier alpha value is -4.15. The monoisotopic (exact) mass is 557 g/mol. The van der Waals surface area contributed by atoms with Crippen LogP contribution >= 0.6 is 24.0 Å². The van der Waals surface area contributed by atoms with Crippen molar-refractivity contribution in [2.45, 2.75) is 17.6 Å². The van der Waals surface area contributed by atoms with Crippen LogP contribution in [0.1, 0.15) is 22.4 Å². The molecular formula is C29H27N5O3S2. The van der Waals surface area contributed by atoms with Gasteiger partial charge in [-0.2, -0.15) is 12.6 Å². The number of hydrogen-bond donors (Lipinski definition) is 4. The molecule has 0 bridgehead atoms. The van der Waals surface area contributed by atoms with Crippen LogP contribution in [-0.2, 0) is 20.0 Å². The fourth-order valence-corrected chi connectivity index (χ4v) is 5.70. The summed E-state index contributed by atoms with van der Waals surface area (Å²) in [6, 6.07) is 29.5. The fraction of sp³-hybridized carbons (Fsp3) is 0.172. The zero-order chi connectivity index (χ0) is 27.2. The number of nitrogens with zero attached hydrogens (tertiary/aromatic N) is 2. The van der Waals surface area contributed by atoms with Gasteiger partial charge in [0.1, 0.15) is 24.4 Å². The lowest BCUT2D eigenvalue weighted by Crippen LogP contribution is -2.70. The molecule has 2 heterocycles. The van der Waals surface area contributed by atoms with E-state index in [1.54, 1.807) is 5.38 Å². The van der Waals surface area contributed by atoms with E-state index in [0.717, 1.165) is 16.7 Å². The number of carbonyl (C=O) groups is 2. The number of thiol groups is 1. The van der Waals surface area contributed by atoms with Gasteiger partial charge in [-0.15, -0.1) is 11.3 Å². The molecule has 1 aliphatic heterocycles. The Morgan fingerprint density at radius 1 is 1.00 bits per heavy atom.